The van der Waals surface area contributed by atoms with Gasteiger partial charge in [-0.1, -0.05) is 11.6 Å². The van der Waals surface area contributed by atoms with Crippen LogP contribution in [0.4, 0.5) is 0 Å². The van der Waals surface area contributed by atoms with Crippen LogP contribution in [-0.2, 0) is 4.79 Å². The molecule has 0 heterocycles. The quantitative estimate of drug-likeness (QED) is 0.831. The number of halogens is 1. The molecule has 0 aliphatic heterocycles. The lowest BCUT2D eigenvalue weighted by Crippen LogP contribution is -2.05. The highest BCUT2D eigenvalue weighted by Crippen LogP contribution is 2.17. The number of carboxylic acid groups (broad SMARTS) is 1. The normalized spacial score (nSPS) is 10.1. The molecule has 0 bridgehead atoms. The number of hydrogen-bond donors (Lipinski definition) is 1. The Morgan fingerprint density at radius 2 is 1.48 bits per heavy atom. The highest BCUT2D eigenvalue weighted by molar-refractivity contribution is 6.30. The zero-order valence-corrected chi connectivity index (χ0v) is 11.8. The monoisotopic (exact) mass is 304 g/mol. The minimum absolute atomic E-state index is 0.0640. The molecular formula is C16H13ClO4. The lowest BCUT2D eigenvalue weighted by Gasteiger charge is -2.06. The van der Waals surface area contributed by atoms with Crippen molar-refractivity contribution in [3.63, 3.8) is 0 Å². The molecule has 0 spiro atoms. The summed E-state index contributed by atoms with van der Waals surface area (Å²) in [5, 5.41) is 9.10. The van der Waals surface area contributed by atoms with Gasteiger partial charge in [0.2, 0.25) is 0 Å². The van der Waals surface area contributed by atoms with E-state index in [4.69, 9.17) is 21.4 Å². The molecule has 1 N–H and O–H groups in total. The second-order valence-corrected chi connectivity index (χ2v) is 4.79. The average molecular weight is 305 g/mol. The van der Waals surface area contributed by atoms with Crippen molar-refractivity contribution < 1.29 is 19.4 Å². The van der Waals surface area contributed by atoms with Crippen molar-refractivity contribution in [2.24, 2.45) is 0 Å². The van der Waals surface area contributed by atoms with Crippen LogP contribution in [0.3, 0.4) is 0 Å². The number of carbonyl (C=O) groups excluding carboxylic acids is 1. The summed E-state index contributed by atoms with van der Waals surface area (Å²) in [6, 6.07) is 13.2. The summed E-state index contributed by atoms with van der Waals surface area (Å²) >= 11 is 5.78. The molecular weight excluding hydrogens is 292 g/mol. The third-order valence-corrected chi connectivity index (χ3v) is 3.06. The molecule has 2 aromatic carbocycles. The predicted molar refractivity (Wildman–Crippen MR) is 79.1 cm³/mol. The van der Waals surface area contributed by atoms with E-state index in [1.807, 2.05) is 0 Å². The summed E-state index contributed by atoms with van der Waals surface area (Å²) in [5.41, 5.74) is 1.09. The fourth-order valence-corrected chi connectivity index (χ4v) is 1.85. The van der Waals surface area contributed by atoms with E-state index in [0.29, 0.717) is 21.9 Å². The molecule has 0 aliphatic rings. The van der Waals surface area contributed by atoms with Crippen LogP contribution < -0.4 is 4.74 Å². The van der Waals surface area contributed by atoms with Crippen LogP contribution in [-0.4, -0.2) is 23.5 Å². The standard InChI is InChI=1S/C16H13ClO4/c17-13-5-1-11(2-6-13)16(20)12-3-7-14(8-4-12)21-10-9-15(18)19/h1-8H,9-10H2,(H,18,19). The molecule has 2 rings (SSSR count). The fourth-order valence-electron chi connectivity index (χ4n) is 1.73. The van der Waals surface area contributed by atoms with E-state index in [9.17, 15) is 9.59 Å². The second kappa shape index (κ2) is 6.90. The summed E-state index contributed by atoms with van der Waals surface area (Å²) in [4.78, 5) is 22.6. The Morgan fingerprint density at radius 3 is 2.00 bits per heavy atom. The molecule has 4 nitrogen and oxygen atoms in total. The molecule has 0 saturated heterocycles. The third kappa shape index (κ3) is 4.33. The number of benzene rings is 2. The van der Waals surface area contributed by atoms with Crippen LogP contribution in [0.5, 0.6) is 5.75 Å². The number of hydrogen-bond acceptors (Lipinski definition) is 3. The fraction of sp³-hybridized carbons (Fsp3) is 0.125. The number of ether oxygens (including phenoxy) is 1. The van der Waals surface area contributed by atoms with E-state index in [2.05, 4.69) is 0 Å². The van der Waals surface area contributed by atoms with Crippen LogP contribution in [0.15, 0.2) is 48.5 Å². The minimum Gasteiger partial charge on any atom is -0.493 e. The van der Waals surface area contributed by atoms with Gasteiger partial charge in [0.15, 0.2) is 5.78 Å². The van der Waals surface area contributed by atoms with E-state index in [1.165, 1.54) is 0 Å². The molecule has 0 unspecified atom stereocenters. The Kier molecular flexibility index (Phi) is 4.95. The number of rotatable bonds is 6. The van der Waals surface area contributed by atoms with Crippen molar-refractivity contribution in [2.75, 3.05) is 6.61 Å². The van der Waals surface area contributed by atoms with Gasteiger partial charge in [0.1, 0.15) is 5.75 Å². The third-order valence-electron chi connectivity index (χ3n) is 2.81. The maximum absolute atomic E-state index is 12.2. The molecule has 0 saturated carbocycles. The van der Waals surface area contributed by atoms with Crippen LogP contribution in [0, 0.1) is 0 Å². The van der Waals surface area contributed by atoms with Gasteiger partial charge in [-0.2, -0.15) is 0 Å². The van der Waals surface area contributed by atoms with Crippen molar-refractivity contribution in [1.82, 2.24) is 0 Å². The van der Waals surface area contributed by atoms with Gasteiger partial charge in [0, 0.05) is 16.1 Å². The molecule has 21 heavy (non-hydrogen) atoms. The molecule has 0 amide bonds. The van der Waals surface area contributed by atoms with Crippen molar-refractivity contribution in [1.29, 1.82) is 0 Å². The SMILES string of the molecule is O=C(O)CCOc1ccc(C(=O)c2ccc(Cl)cc2)cc1. The van der Waals surface area contributed by atoms with Gasteiger partial charge in [-0.3, -0.25) is 9.59 Å². The summed E-state index contributed by atoms with van der Waals surface area (Å²) in [5.74, 6) is -0.489. The first-order chi connectivity index (χ1) is 10.1. The molecule has 0 aromatic heterocycles. The Balaban J connectivity index is 2.02. The minimum atomic E-state index is -0.912. The average Bonchev–Trinajstić information content (AvgIpc) is 2.48. The first-order valence-corrected chi connectivity index (χ1v) is 6.69. The van der Waals surface area contributed by atoms with Gasteiger partial charge >= 0.3 is 5.97 Å². The molecule has 108 valence electrons. The molecule has 0 atom stereocenters. The second-order valence-electron chi connectivity index (χ2n) is 4.35. The largest absolute Gasteiger partial charge is 0.493 e. The van der Waals surface area contributed by atoms with Crippen molar-refractivity contribution in [3.8, 4) is 5.75 Å². The van der Waals surface area contributed by atoms with E-state index in [-0.39, 0.29) is 18.8 Å². The van der Waals surface area contributed by atoms with E-state index in [1.54, 1.807) is 48.5 Å². The van der Waals surface area contributed by atoms with Gasteiger partial charge in [-0.25, -0.2) is 0 Å². The zero-order valence-electron chi connectivity index (χ0n) is 11.1. The lowest BCUT2D eigenvalue weighted by molar-refractivity contribution is -0.137. The Bertz CT molecular complexity index is 632. The van der Waals surface area contributed by atoms with Gasteiger partial charge in [-0.05, 0) is 48.5 Å². The van der Waals surface area contributed by atoms with Crippen LogP contribution >= 0.6 is 11.6 Å². The molecule has 0 fully saturated rings. The van der Waals surface area contributed by atoms with Crippen LogP contribution in [0.1, 0.15) is 22.3 Å². The molecule has 0 aliphatic carbocycles. The van der Waals surface area contributed by atoms with Crippen molar-refractivity contribution in [3.05, 3.63) is 64.7 Å². The zero-order chi connectivity index (χ0) is 15.2. The van der Waals surface area contributed by atoms with Crippen LogP contribution in [0.2, 0.25) is 5.02 Å². The van der Waals surface area contributed by atoms with Crippen molar-refractivity contribution in [2.45, 2.75) is 6.42 Å². The highest BCUT2D eigenvalue weighted by atomic mass is 35.5. The first kappa shape index (κ1) is 15.1. The van der Waals surface area contributed by atoms with Gasteiger partial charge in [-0.15, -0.1) is 0 Å². The van der Waals surface area contributed by atoms with E-state index in [0.717, 1.165) is 0 Å². The Hall–Kier alpha value is -2.33. The Morgan fingerprint density at radius 1 is 0.952 bits per heavy atom. The summed E-state index contributed by atoms with van der Waals surface area (Å²) in [6.07, 6.45) is -0.0640. The number of aliphatic carboxylic acids is 1. The predicted octanol–water partition coefficient (Wildman–Crippen LogP) is 3.42. The summed E-state index contributed by atoms with van der Waals surface area (Å²) < 4.78 is 5.26. The van der Waals surface area contributed by atoms with Gasteiger partial charge in [0.05, 0.1) is 13.0 Å². The maximum Gasteiger partial charge on any atom is 0.306 e. The molecule has 2 aromatic rings. The van der Waals surface area contributed by atoms with Crippen molar-refractivity contribution >= 4 is 23.4 Å². The van der Waals surface area contributed by atoms with E-state index >= 15 is 0 Å². The van der Waals surface area contributed by atoms with Crippen LogP contribution in [0.25, 0.3) is 0 Å². The first-order valence-electron chi connectivity index (χ1n) is 6.31. The van der Waals surface area contributed by atoms with E-state index < -0.39 is 5.97 Å². The molecule has 0 radical (unpaired) electrons. The number of ketones is 1. The lowest BCUT2D eigenvalue weighted by atomic mass is 10.0. The number of carboxylic acids is 1. The highest BCUT2D eigenvalue weighted by Gasteiger charge is 2.09. The maximum atomic E-state index is 12.2. The summed E-state index contributed by atoms with van der Waals surface area (Å²) in [7, 11) is 0. The smallest absolute Gasteiger partial charge is 0.306 e. The van der Waals surface area contributed by atoms with Gasteiger partial charge in [0.25, 0.3) is 0 Å². The topological polar surface area (TPSA) is 63.6 Å². The number of carbonyl (C=O) groups is 2. The van der Waals surface area contributed by atoms with Gasteiger partial charge < -0.3 is 9.84 Å². The summed E-state index contributed by atoms with van der Waals surface area (Å²) in [6.45, 7) is 0.0970. The molecule has 5 heteroatoms. The Labute approximate surface area is 126 Å².